The number of carbonyl (C=O) groups excluding carboxylic acids is 1. The Morgan fingerprint density at radius 1 is 1.12 bits per heavy atom. The molecule has 5 nitrogen and oxygen atoms in total. The summed E-state index contributed by atoms with van der Waals surface area (Å²) < 4.78 is 5.40. The molecule has 1 amide bonds. The van der Waals surface area contributed by atoms with Gasteiger partial charge in [0.15, 0.2) is 0 Å². The highest BCUT2D eigenvalue weighted by molar-refractivity contribution is 5.76. The molecule has 1 heterocycles. The van der Waals surface area contributed by atoms with Crippen LogP contribution in [0.2, 0.25) is 0 Å². The first kappa shape index (κ1) is 18.7. The van der Waals surface area contributed by atoms with Crippen LogP contribution in [-0.2, 0) is 16.1 Å². The highest BCUT2D eigenvalue weighted by Gasteiger charge is 2.48. The van der Waals surface area contributed by atoms with Crippen molar-refractivity contribution in [1.82, 2.24) is 4.90 Å². The Morgan fingerprint density at radius 3 is 2.31 bits per heavy atom. The number of hydrogen-bond donors (Lipinski definition) is 1. The number of carboxylic acids is 1. The van der Waals surface area contributed by atoms with E-state index in [-0.39, 0.29) is 18.6 Å². The van der Waals surface area contributed by atoms with Gasteiger partial charge in [0, 0.05) is 13.1 Å². The fourth-order valence-corrected chi connectivity index (χ4v) is 4.51. The molecule has 142 valence electrons. The van der Waals surface area contributed by atoms with Gasteiger partial charge in [-0.1, -0.05) is 50.1 Å². The van der Waals surface area contributed by atoms with Crippen LogP contribution >= 0.6 is 0 Å². The van der Waals surface area contributed by atoms with Gasteiger partial charge >= 0.3 is 12.1 Å². The zero-order valence-electron chi connectivity index (χ0n) is 15.5. The van der Waals surface area contributed by atoms with E-state index in [0.29, 0.717) is 31.8 Å². The highest BCUT2D eigenvalue weighted by atomic mass is 16.6. The van der Waals surface area contributed by atoms with Crippen LogP contribution in [0.25, 0.3) is 0 Å². The van der Waals surface area contributed by atoms with E-state index in [1.165, 1.54) is 0 Å². The van der Waals surface area contributed by atoms with Crippen molar-refractivity contribution in [2.24, 2.45) is 17.3 Å². The van der Waals surface area contributed by atoms with Crippen molar-refractivity contribution in [3.05, 3.63) is 35.9 Å². The molecule has 0 bridgehead atoms. The van der Waals surface area contributed by atoms with E-state index in [1.54, 1.807) is 4.90 Å². The Hall–Kier alpha value is -2.04. The third-order valence-electron chi connectivity index (χ3n) is 6.34. The molecule has 1 saturated heterocycles. The Balaban J connectivity index is 1.56. The molecule has 2 aliphatic rings. The summed E-state index contributed by atoms with van der Waals surface area (Å²) in [5.41, 5.74) is 0.283. The molecule has 1 aromatic rings. The normalized spacial score (nSPS) is 25.5. The second kappa shape index (κ2) is 8.11. The van der Waals surface area contributed by atoms with Crippen LogP contribution in [0, 0.1) is 17.3 Å². The first-order chi connectivity index (χ1) is 12.5. The zero-order valence-corrected chi connectivity index (χ0v) is 15.5. The van der Waals surface area contributed by atoms with Gasteiger partial charge in [-0.3, -0.25) is 4.79 Å². The lowest BCUT2D eigenvalue weighted by atomic mass is 9.62. The molecular formula is C21H29NO4. The molecule has 1 aromatic carbocycles. The molecule has 3 rings (SSSR count). The number of likely N-dealkylation sites (tertiary alicyclic amines) is 1. The Bertz CT molecular complexity index is 614. The number of aliphatic carboxylic acids is 1. The minimum absolute atomic E-state index is 0.235. The van der Waals surface area contributed by atoms with Gasteiger partial charge in [-0.15, -0.1) is 0 Å². The van der Waals surface area contributed by atoms with E-state index in [1.807, 2.05) is 30.3 Å². The average Bonchev–Trinajstić information content (AvgIpc) is 2.67. The van der Waals surface area contributed by atoms with Crippen molar-refractivity contribution >= 4 is 12.1 Å². The fourth-order valence-electron chi connectivity index (χ4n) is 4.51. The largest absolute Gasteiger partial charge is 0.481 e. The minimum atomic E-state index is -0.686. The molecule has 0 unspecified atom stereocenters. The molecule has 26 heavy (non-hydrogen) atoms. The van der Waals surface area contributed by atoms with Crippen LogP contribution < -0.4 is 0 Å². The number of carboxylic acid groups (broad SMARTS) is 1. The maximum atomic E-state index is 12.3. The van der Waals surface area contributed by atoms with Gasteiger partial charge in [-0.2, -0.15) is 0 Å². The van der Waals surface area contributed by atoms with Gasteiger partial charge in [0.2, 0.25) is 0 Å². The summed E-state index contributed by atoms with van der Waals surface area (Å²) in [4.78, 5) is 26.1. The first-order valence-corrected chi connectivity index (χ1v) is 9.70. The molecule has 2 fully saturated rings. The number of amides is 1. The molecule has 0 spiro atoms. The van der Waals surface area contributed by atoms with Crippen LogP contribution in [0.4, 0.5) is 4.79 Å². The molecule has 1 aliphatic carbocycles. The first-order valence-electron chi connectivity index (χ1n) is 9.70. The van der Waals surface area contributed by atoms with Crippen LogP contribution in [0.15, 0.2) is 30.3 Å². The van der Waals surface area contributed by atoms with Crippen molar-refractivity contribution in [1.29, 1.82) is 0 Å². The Labute approximate surface area is 155 Å². The van der Waals surface area contributed by atoms with Crippen LogP contribution in [0.3, 0.4) is 0 Å². The van der Waals surface area contributed by atoms with Gasteiger partial charge < -0.3 is 14.7 Å². The standard InChI is InChI=1S/C21H29NO4/c1-16-7-9-18(10-8-16)21(19(23)24)11-13-22(14-12-21)20(25)26-15-17-5-3-2-4-6-17/h2-6,16,18H,7-15H2,1H3,(H,23,24). The summed E-state index contributed by atoms with van der Waals surface area (Å²) in [6, 6.07) is 9.59. The summed E-state index contributed by atoms with van der Waals surface area (Å²) in [5, 5.41) is 9.95. The minimum Gasteiger partial charge on any atom is -0.481 e. The topological polar surface area (TPSA) is 66.8 Å². The number of nitrogens with zero attached hydrogens (tertiary/aromatic N) is 1. The summed E-state index contributed by atoms with van der Waals surface area (Å²) in [7, 11) is 0. The maximum absolute atomic E-state index is 12.3. The molecule has 0 atom stereocenters. The molecule has 0 aromatic heterocycles. The van der Waals surface area contributed by atoms with Gasteiger partial charge in [0.05, 0.1) is 5.41 Å². The third-order valence-corrected chi connectivity index (χ3v) is 6.34. The van der Waals surface area contributed by atoms with Crippen molar-refractivity contribution < 1.29 is 19.4 Å². The van der Waals surface area contributed by atoms with E-state index in [4.69, 9.17) is 4.74 Å². The molecule has 1 saturated carbocycles. The number of carbonyl (C=O) groups is 2. The molecule has 1 aliphatic heterocycles. The number of benzene rings is 1. The molecular weight excluding hydrogens is 330 g/mol. The number of piperidine rings is 1. The van der Waals surface area contributed by atoms with Crippen molar-refractivity contribution in [3.63, 3.8) is 0 Å². The average molecular weight is 359 g/mol. The Morgan fingerprint density at radius 2 is 1.73 bits per heavy atom. The third kappa shape index (κ3) is 4.02. The SMILES string of the molecule is CC1CCC(C2(C(=O)O)CCN(C(=O)OCc3ccccc3)CC2)CC1. The van der Waals surface area contributed by atoms with E-state index < -0.39 is 11.4 Å². The van der Waals surface area contributed by atoms with Crippen molar-refractivity contribution in [3.8, 4) is 0 Å². The highest BCUT2D eigenvalue weighted by Crippen LogP contribution is 2.47. The number of ether oxygens (including phenoxy) is 1. The monoisotopic (exact) mass is 359 g/mol. The van der Waals surface area contributed by atoms with Crippen molar-refractivity contribution in [2.45, 2.75) is 52.1 Å². The van der Waals surface area contributed by atoms with E-state index in [9.17, 15) is 14.7 Å². The molecule has 5 heteroatoms. The van der Waals surface area contributed by atoms with Gasteiger partial charge in [-0.25, -0.2) is 4.79 Å². The van der Waals surface area contributed by atoms with Gasteiger partial charge in [0.1, 0.15) is 6.61 Å². The second-order valence-corrected chi connectivity index (χ2v) is 7.95. The summed E-state index contributed by atoms with van der Waals surface area (Å²) >= 11 is 0. The lowest BCUT2D eigenvalue weighted by Gasteiger charge is -2.45. The summed E-state index contributed by atoms with van der Waals surface area (Å²) in [6.45, 7) is 3.42. The molecule has 0 radical (unpaired) electrons. The fraction of sp³-hybridized carbons (Fsp3) is 0.619. The van der Waals surface area contributed by atoms with Crippen LogP contribution in [-0.4, -0.2) is 35.2 Å². The predicted octanol–water partition coefficient (Wildman–Crippen LogP) is 4.32. The number of hydrogen-bond acceptors (Lipinski definition) is 3. The van der Waals surface area contributed by atoms with Gasteiger partial charge in [-0.05, 0) is 43.1 Å². The van der Waals surface area contributed by atoms with E-state index in [2.05, 4.69) is 6.92 Å². The van der Waals surface area contributed by atoms with Crippen LogP contribution in [0.5, 0.6) is 0 Å². The Kier molecular flexibility index (Phi) is 5.84. The maximum Gasteiger partial charge on any atom is 0.410 e. The quantitative estimate of drug-likeness (QED) is 0.869. The summed E-state index contributed by atoms with van der Waals surface area (Å²) in [5.74, 6) is 0.248. The van der Waals surface area contributed by atoms with Crippen molar-refractivity contribution in [2.75, 3.05) is 13.1 Å². The number of rotatable bonds is 4. The van der Waals surface area contributed by atoms with Crippen LogP contribution in [0.1, 0.15) is 51.0 Å². The smallest absolute Gasteiger partial charge is 0.410 e. The van der Waals surface area contributed by atoms with E-state index in [0.717, 1.165) is 31.2 Å². The van der Waals surface area contributed by atoms with Gasteiger partial charge in [0.25, 0.3) is 0 Å². The molecule has 1 N–H and O–H groups in total. The zero-order chi connectivity index (χ0) is 18.6. The van der Waals surface area contributed by atoms with E-state index >= 15 is 0 Å². The lowest BCUT2D eigenvalue weighted by Crippen LogP contribution is -2.50. The second-order valence-electron chi connectivity index (χ2n) is 7.95. The lowest BCUT2D eigenvalue weighted by molar-refractivity contribution is -0.158. The summed E-state index contributed by atoms with van der Waals surface area (Å²) in [6.07, 6.45) is 4.93. The predicted molar refractivity (Wildman–Crippen MR) is 98.6 cm³/mol.